The molecule has 25 heavy (non-hydrogen) atoms. The first-order valence-electron chi connectivity index (χ1n) is 9.86. The van der Waals surface area contributed by atoms with Crippen LogP contribution < -0.4 is 10.2 Å². The van der Waals surface area contributed by atoms with Gasteiger partial charge < -0.3 is 15.1 Å². The highest BCUT2D eigenvalue weighted by atomic mass is 16.2. The zero-order valence-electron chi connectivity index (χ0n) is 16.0. The number of nitrogens with zero attached hydrogens (tertiary/aromatic N) is 2. The molecule has 3 rings (SSSR count). The summed E-state index contributed by atoms with van der Waals surface area (Å²) in [6.07, 6.45) is 4.75. The van der Waals surface area contributed by atoms with Crippen LogP contribution in [0.5, 0.6) is 0 Å². The molecule has 0 aliphatic carbocycles. The Morgan fingerprint density at radius 3 is 2.52 bits per heavy atom. The third-order valence-corrected chi connectivity index (χ3v) is 5.77. The maximum atomic E-state index is 12.5. The topological polar surface area (TPSA) is 35.6 Å². The largest absolute Gasteiger partial charge is 0.371 e. The van der Waals surface area contributed by atoms with Gasteiger partial charge in [0.2, 0.25) is 5.91 Å². The van der Waals surface area contributed by atoms with Gasteiger partial charge in [0.25, 0.3) is 0 Å². The molecule has 0 aromatic heterocycles. The van der Waals surface area contributed by atoms with Gasteiger partial charge >= 0.3 is 0 Å². The Labute approximate surface area is 152 Å². The lowest BCUT2D eigenvalue weighted by molar-refractivity contribution is -0.127. The molecule has 2 heterocycles. The van der Waals surface area contributed by atoms with Gasteiger partial charge in [0.15, 0.2) is 0 Å². The average molecular weight is 344 g/mol. The van der Waals surface area contributed by atoms with Crippen LogP contribution in [0.1, 0.15) is 51.1 Å². The predicted octanol–water partition coefficient (Wildman–Crippen LogP) is 3.44. The number of carbonyl (C=O) groups is 1. The Morgan fingerprint density at radius 1 is 1.12 bits per heavy atom. The van der Waals surface area contributed by atoms with Crippen molar-refractivity contribution in [3.05, 3.63) is 29.8 Å². The Bertz CT molecular complexity index is 571. The molecule has 1 aromatic rings. The quantitative estimate of drug-likeness (QED) is 0.910. The molecule has 0 saturated carbocycles. The van der Waals surface area contributed by atoms with Crippen molar-refractivity contribution in [2.45, 2.75) is 45.6 Å². The maximum absolute atomic E-state index is 12.5. The minimum atomic E-state index is 0.0639. The lowest BCUT2D eigenvalue weighted by atomic mass is 9.96. The standard InChI is InChI=1S/C21H33N3O/c1-16-6-4-13-24(14-16)20-10-8-18(9-11-20)17(2)22-21(25)19-7-5-12-23(3)15-19/h8-11,16-17,19H,4-7,12-15H2,1-3H3,(H,22,25)/t16-,17+,19-/m1/s1. The summed E-state index contributed by atoms with van der Waals surface area (Å²) in [7, 11) is 2.10. The van der Waals surface area contributed by atoms with Gasteiger partial charge in [-0.05, 0) is 69.8 Å². The summed E-state index contributed by atoms with van der Waals surface area (Å²) >= 11 is 0. The van der Waals surface area contributed by atoms with Gasteiger partial charge in [0.1, 0.15) is 0 Å². The maximum Gasteiger partial charge on any atom is 0.224 e. The summed E-state index contributed by atoms with van der Waals surface area (Å²) in [5.74, 6) is 1.11. The minimum absolute atomic E-state index is 0.0639. The van der Waals surface area contributed by atoms with E-state index < -0.39 is 0 Å². The van der Waals surface area contributed by atoms with Crippen molar-refractivity contribution in [3.63, 3.8) is 0 Å². The fourth-order valence-electron chi connectivity index (χ4n) is 4.19. The highest BCUT2D eigenvalue weighted by Crippen LogP contribution is 2.25. The molecule has 2 aliphatic heterocycles. The van der Waals surface area contributed by atoms with Gasteiger partial charge in [-0.3, -0.25) is 4.79 Å². The normalized spacial score (nSPS) is 26.3. The number of anilines is 1. The van der Waals surface area contributed by atoms with Gasteiger partial charge in [-0.2, -0.15) is 0 Å². The fourth-order valence-corrected chi connectivity index (χ4v) is 4.19. The van der Waals surface area contributed by atoms with Crippen molar-refractivity contribution in [2.24, 2.45) is 11.8 Å². The first-order valence-corrected chi connectivity index (χ1v) is 9.86. The van der Waals surface area contributed by atoms with E-state index in [1.165, 1.54) is 24.1 Å². The van der Waals surface area contributed by atoms with Crippen LogP contribution in [0.15, 0.2) is 24.3 Å². The third kappa shape index (κ3) is 4.75. The molecule has 2 aliphatic rings. The van der Waals surface area contributed by atoms with Crippen molar-refractivity contribution in [2.75, 3.05) is 38.1 Å². The lowest BCUT2D eigenvalue weighted by Gasteiger charge is -2.33. The van der Waals surface area contributed by atoms with Gasteiger partial charge in [-0.25, -0.2) is 0 Å². The molecular formula is C21H33N3O. The number of benzene rings is 1. The second kappa shape index (κ2) is 8.22. The Hall–Kier alpha value is -1.55. The van der Waals surface area contributed by atoms with Crippen LogP contribution in [0.3, 0.4) is 0 Å². The monoisotopic (exact) mass is 343 g/mol. The smallest absolute Gasteiger partial charge is 0.224 e. The van der Waals surface area contributed by atoms with Crippen molar-refractivity contribution in [3.8, 4) is 0 Å². The Morgan fingerprint density at radius 2 is 1.84 bits per heavy atom. The van der Waals surface area contributed by atoms with Crippen LogP contribution >= 0.6 is 0 Å². The molecule has 138 valence electrons. The average Bonchev–Trinajstić information content (AvgIpc) is 2.62. The number of piperidine rings is 2. The van der Waals surface area contributed by atoms with Crippen LogP contribution in [-0.4, -0.2) is 44.0 Å². The molecule has 4 heteroatoms. The number of amides is 1. The van der Waals surface area contributed by atoms with E-state index in [0.29, 0.717) is 0 Å². The molecule has 2 fully saturated rings. The second-order valence-electron chi connectivity index (χ2n) is 8.12. The van der Waals surface area contributed by atoms with Crippen LogP contribution in [0.25, 0.3) is 0 Å². The molecule has 4 nitrogen and oxygen atoms in total. The number of hydrogen-bond donors (Lipinski definition) is 1. The summed E-state index contributed by atoms with van der Waals surface area (Å²) in [4.78, 5) is 17.3. The third-order valence-electron chi connectivity index (χ3n) is 5.77. The van der Waals surface area contributed by atoms with Crippen molar-refractivity contribution in [1.29, 1.82) is 0 Å². The van der Waals surface area contributed by atoms with E-state index in [0.717, 1.165) is 44.9 Å². The molecular weight excluding hydrogens is 310 g/mol. The van der Waals surface area contributed by atoms with Crippen LogP contribution in [-0.2, 0) is 4.79 Å². The van der Waals surface area contributed by atoms with Crippen LogP contribution in [0, 0.1) is 11.8 Å². The SMILES string of the molecule is C[C@@H]1CCCN(c2ccc([C@H](C)NC(=O)[C@@H]3CCCN(C)C3)cc2)C1. The van der Waals surface area contributed by atoms with E-state index in [9.17, 15) is 4.79 Å². The zero-order chi connectivity index (χ0) is 17.8. The number of likely N-dealkylation sites (tertiary alicyclic amines) is 1. The molecule has 3 atom stereocenters. The lowest BCUT2D eigenvalue weighted by Crippen LogP contribution is -2.42. The first-order chi connectivity index (χ1) is 12.0. The van der Waals surface area contributed by atoms with Crippen LogP contribution in [0.4, 0.5) is 5.69 Å². The molecule has 2 saturated heterocycles. The second-order valence-corrected chi connectivity index (χ2v) is 8.12. The van der Waals surface area contributed by atoms with Crippen LogP contribution in [0.2, 0.25) is 0 Å². The van der Waals surface area contributed by atoms with Gasteiger partial charge in [0, 0.05) is 25.3 Å². The van der Waals surface area contributed by atoms with Gasteiger partial charge in [0.05, 0.1) is 12.0 Å². The highest BCUT2D eigenvalue weighted by Gasteiger charge is 2.25. The van der Waals surface area contributed by atoms with Crippen molar-refractivity contribution < 1.29 is 4.79 Å². The minimum Gasteiger partial charge on any atom is -0.371 e. The molecule has 1 amide bonds. The Kier molecular flexibility index (Phi) is 6.00. The van der Waals surface area contributed by atoms with E-state index in [1.807, 2.05) is 0 Å². The van der Waals surface area contributed by atoms with Gasteiger partial charge in [-0.1, -0.05) is 19.1 Å². The molecule has 1 aromatic carbocycles. The van der Waals surface area contributed by atoms with E-state index in [4.69, 9.17) is 0 Å². The number of nitrogens with one attached hydrogen (secondary N) is 1. The molecule has 1 N–H and O–H groups in total. The van der Waals surface area contributed by atoms with E-state index >= 15 is 0 Å². The van der Waals surface area contributed by atoms with E-state index in [1.54, 1.807) is 0 Å². The number of rotatable bonds is 4. The summed E-state index contributed by atoms with van der Waals surface area (Å²) < 4.78 is 0. The summed E-state index contributed by atoms with van der Waals surface area (Å²) in [6.45, 7) is 8.72. The fraction of sp³-hybridized carbons (Fsp3) is 0.667. The van der Waals surface area contributed by atoms with Gasteiger partial charge in [-0.15, -0.1) is 0 Å². The van der Waals surface area contributed by atoms with Crippen molar-refractivity contribution in [1.82, 2.24) is 10.2 Å². The van der Waals surface area contributed by atoms with E-state index in [2.05, 4.69) is 60.3 Å². The molecule has 0 radical (unpaired) electrons. The predicted molar refractivity (Wildman–Crippen MR) is 104 cm³/mol. The molecule has 0 bridgehead atoms. The molecule has 0 unspecified atom stereocenters. The zero-order valence-corrected chi connectivity index (χ0v) is 16.0. The molecule has 0 spiro atoms. The van der Waals surface area contributed by atoms with Crippen molar-refractivity contribution >= 4 is 11.6 Å². The number of hydrogen-bond acceptors (Lipinski definition) is 3. The highest BCUT2D eigenvalue weighted by molar-refractivity contribution is 5.79. The summed E-state index contributed by atoms with van der Waals surface area (Å²) in [5, 5.41) is 3.21. The number of carbonyl (C=O) groups excluding carboxylic acids is 1. The Balaban J connectivity index is 1.57. The first kappa shape index (κ1) is 18.2. The summed E-state index contributed by atoms with van der Waals surface area (Å²) in [5.41, 5.74) is 2.49. The van der Waals surface area contributed by atoms with E-state index in [-0.39, 0.29) is 17.9 Å². The summed E-state index contributed by atoms with van der Waals surface area (Å²) in [6, 6.07) is 8.84.